The van der Waals surface area contributed by atoms with Crippen molar-refractivity contribution in [3.63, 3.8) is 0 Å². The van der Waals surface area contributed by atoms with E-state index in [2.05, 4.69) is 0 Å². The first-order valence-electron chi connectivity index (χ1n) is 8.75. The van der Waals surface area contributed by atoms with Crippen LogP contribution >= 0.6 is 23.2 Å². The number of amides is 1. The maximum absolute atomic E-state index is 13.0. The third kappa shape index (κ3) is 3.33. The lowest BCUT2D eigenvalue weighted by atomic mass is 9.99. The second-order valence-electron chi connectivity index (χ2n) is 6.63. The predicted octanol–water partition coefficient (Wildman–Crippen LogP) is 5.52. The van der Waals surface area contributed by atoms with Gasteiger partial charge in [-0.05, 0) is 55.0 Å². The van der Waals surface area contributed by atoms with E-state index in [9.17, 15) is 14.7 Å². The van der Waals surface area contributed by atoms with Gasteiger partial charge in [-0.15, -0.1) is 0 Å². The molecule has 1 aliphatic heterocycles. The van der Waals surface area contributed by atoms with Crippen LogP contribution in [-0.4, -0.2) is 16.8 Å². The highest BCUT2D eigenvalue weighted by Crippen LogP contribution is 2.43. The van der Waals surface area contributed by atoms with E-state index < -0.39 is 17.7 Å². The maximum Gasteiger partial charge on any atom is 0.300 e. The number of nitrogens with zero attached hydrogens (tertiary/aromatic N) is 1. The molecule has 0 bridgehead atoms. The Bertz CT molecular complexity index is 1150. The van der Waals surface area contributed by atoms with Crippen molar-refractivity contribution in [2.24, 2.45) is 0 Å². The van der Waals surface area contributed by atoms with Gasteiger partial charge in [0.15, 0.2) is 0 Å². The molecule has 1 saturated heterocycles. The molecule has 7 heteroatoms. The Morgan fingerprint density at radius 1 is 1.03 bits per heavy atom. The fourth-order valence-corrected chi connectivity index (χ4v) is 3.89. The molecule has 29 heavy (non-hydrogen) atoms. The zero-order valence-electron chi connectivity index (χ0n) is 15.2. The van der Waals surface area contributed by atoms with Gasteiger partial charge in [0.05, 0.1) is 11.8 Å². The summed E-state index contributed by atoms with van der Waals surface area (Å²) in [5.74, 6) is -1.54. The van der Waals surface area contributed by atoms with Crippen molar-refractivity contribution in [3.8, 4) is 0 Å². The lowest BCUT2D eigenvalue weighted by molar-refractivity contribution is -0.132. The number of aliphatic hydroxyl groups excluding tert-OH is 1. The summed E-state index contributed by atoms with van der Waals surface area (Å²) in [5, 5.41) is 11.8. The number of benzene rings is 2. The standard InChI is InChI=1S/C22H15Cl2NO4/c1-12-10-15(24)7-8-16(12)25-19(17-6-3-9-29-17)18(21(27)22(25)28)20(26)13-4-2-5-14(23)11-13/h2-11,19,26H,1H3/b20-18-. The SMILES string of the molecule is Cc1cc(Cl)ccc1N1C(=O)C(=O)/C(=C(\O)c2cccc(Cl)c2)C1c1ccco1. The topological polar surface area (TPSA) is 70.8 Å². The summed E-state index contributed by atoms with van der Waals surface area (Å²) < 4.78 is 5.53. The molecule has 0 spiro atoms. The van der Waals surface area contributed by atoms with Crippen molar-refractivity contribution < 1.29 is 19.1 Å². The Labute approximate surface area is 176 Å². The number of Topliss-reactive ketones (excluding diaryl/α,β-unsaturated/α-hetero) is 1. The largest absolute Gasteiger partial charge is 0.507 e. The van der Waals surface area contributed by atoms with Crippen LogP contribution in [0, 0.1) is 6.92 Å². The molecule has 2 aromatic carbocycles. The Kier molecular flexibility index (Phi) is 4.94. The van der Waals surface area contributed by atoms with Gasteiger partial charge >= 0.3 is 0 Å². The molecule has 1 atom stereocenters. The molecular formula is C22H15Cl2NO4. The third-order valence-electron chi connectivity index (χ3n) is 4.77. The molecule has 1 unspecified atom stereocenters. The van der Waals surface area contributed by atoms with Crippen molar-refractivity contribution in [1.82, 2.24) is 0 Å². The second-order valence-corrected chi connectivity index (χ2v) is 7.50. The molecule has 2 heterocycles. The van der Waals surface area contributed by atoms with E-state index in [0.29, 0.717) is 32.6 Å². The lowest BCUT2D eigenvalue weighted by Crippen LogP contribution is -2.29. The molecule has 3 aromatic rings. The molecule has 0 aliphatic carbocycles. The number of carbonyl (C=O) groups is 2. The number of furan rings is 1. The molecular weight excluding hydrogens is 413 g/mol. The van der Waals surface area contributed by atoms with Gasteiger partial charge in [0.2, 0.25) is 0 Å². The fraction of sp³-hybridized carbons (Fsp3) is 0.0909. The minimum absolute atomic E-state index is 0.0680. The second kappa shape index (κ2) is 7.43. The van der Waals surface area contributed by atoms with Crippen molar-refractivity contribution in [1.29, 1.82) is 0 Å². The van der Waals surface area contributed by atoms with E-state index in [-0.39, 0.29) is 11.3 Å². The van der Waals surface area contributed by atoms with Gasteiger partial charge in [-0.25, -0.2) is 0 Å². The first-order chi connectivity index (χ1) is 13.9. The number of halogens is 2. The van der Waals surface area contributed by atoms with Crippen LogP contribution in [0.2, 0.25) is 10.0 Å². The van der Waals surface area contributed by atoms with Crippen LogP contribution in [0.15, 0.2) is 70.9 Å². The number of hydrogen-bond donors (Lipinski definition) is 1. The molecule has 4 rings (SSSR count). The Morgan fingerprint density at radius 2 is 1.79 bits per heavy atom. The maximum atomic E-state index is 13.0. The van der Waals surface area contributed by atoms with Gasteiger partial charge in [0.25, 0.3) is 11.7 Å². The Hall–Kier alpha value is -3.02. The highest BCUT2D eigenvalue weighted by molar-refractivity contribution is 6.51. The minimum Gasteiger partial charge on any atom is -0.507 e. The number of aryl methyl sites for hydroxylation is 1. The highest BCUT2D eigenvalue weighted by atomic mass is 35.5. The quantitative estimate of drug-likeness (QED) is 0.339. The van der Waals surface area contributed by atoms with Crippen molar-refractivity contribution in [3.05, 3.63) is 93.4 Å². The Morgan fingerprint density at radius 3 is 2.45 bits per heavy atom. The van der Waals surface area contributed by atoms with Crippen molar-refractivity contribution in [2.45, 2.75) is 13.0 Å². The first kappa shape index (κ1) is 19.3. The normalized spacial score (nSPS) is 18.4. The van der Waals surface area contributed by atoms with Crippen LogP contribution in [0.4, 0.5) is 5.69 Å². The summed E-state index contributed by atoms with van der Waals surface area (Å²) in [4.78, 5) is 27.3. The lowest BCUT2D eigenvalue weighted by Gasteiger charge is -2.25. The average Bonchev–Trinajstić information content (AvgIpc) is 3.29. The van der Waals surface area contributed by atoms with Crippen LogP contribution in [0.3, 0.4) is 0 Å². The van der Waals surface area contributed by atoms with Crippen LogP contribution < -0.4 is 4.90 Å². The average molecular weight is 428 g/mol. The van der Waals surface area contributed by atoms with Crippen LogP contribution in [0.25, 0.3) is 5.76 Å². The number of aliphatic hydroxyl groups is 1. The zero-order valence-corrected chi connectivity index (χ0v) is 16.7. The van der Waals surface area contributed by atoms with E-state index >= 15 is 0 Å². The van der Waals surface area contributed by atoms with E-state index in [1.807, 2.05) is 0 Å². The summed E-state index contributed by atoms with van der Waals surface area (Å²) >= 11 is 12.1. The minimum atomic E-state index is -0.927. The number of anilines is 1. The summed E-state index contributed by atoms with van der Waals surface area (Å²) in [5.41, 5.74) is 1.48. The van der Waals surface area contributed by atoms with Gasteiger partial charge in [0, 0.05) is 21.3 Å². The van der Waals surface area contributed by atoms with Gasteiger partial charge in [-0.1, -0.05) is 35.3 Å². The number of rotatable bonds is 3. The van der Waals surface area contributed by atoms with E-state index in [0.717, 1.165) is 0 Å². The van der Waals surface area contributed by atoms with Gasteiger partial charge in [0.1, 0.15) is 17.6 Å². The van der Waals surface area contributed by atoms with Crippen LogP contribution in [0.5, 0.6) is 0 Å². The fourth-order valence-electron chi connectivity index (χ4n) is 3.48. The summed E-state index contributed by atoms with van der Waals surface area (Å²) in [6, 6.07) is 13.8. The summed E-state index contributed by atoms with van der Waals surface area (Å²) in [6.45, 7) is 1.79. The molecule has 146 valence electrons. The summed E-state index contributed by atoms with van der Waals surface area (Å²) in [6.07, 6.45) is 1.45. The highest BCUT2D eigenvalue weighted by Gasteiger charge is 2.48. The molecule has 1 aromatic heterocycles. The van der Waals surface area contributed by atoms with E-state index in [4.69, 9.17) is 27.6 Å². The molecule has 1 aliphatic rings. The van der Waals surface area contributed by atoms with Crippen LogP contribution in [0.1, 0.15) is 22.9 Å². The molecule has 1 N–H and O–H groups in total. The first-order valence-corrected chi connectivity index (χ1v) is 9.50. The molecule has 0 radical (unpaired) electrons. The van der Waals surface area contributed by atoms with Crippen molar-refractivity contribution >= 4 is 46.3 Å². The van der Waals surface area contributed by atoms with Crippen molar-refractivity contribution in [2.75, 3.05) is 4.90 Å². The zero-order chi connectivity index (χ0) is 20.7. The molecule has 0 saturated carbocycles. The molecule has 5 nitrogen and oxygen atoms in total. The number of hydrogen-bond acceptors (Lipinski definition) is 4. The predicted molar refractivity (Wildman–Crippen MR) is 111 cm³/mol. The van der Waals surface area contributed by atoms with Gasteiger partial charge < -0.3 is 9.52 Å². The smallest absolute Gasteiger partial charge is 0.300 e. The number of carbonyl (C=O) groups excluding carboxylic acids is 2. The van der Waals surface area contributed by atoms with E-state index in [1.165, 1.54) is 17.2 Å². The van der Waals surface area contributed by atoms with Gasteiger partial charge in [-0.3, -0.25) is 14.5 Å². The number of ketones is 1. The monoisotopic (exact) mass is 427 g/mol. The Balaban J connectivity index is 1.95. The third-order valence-corrected chi connectivity index (χ3v) is 5.24. The molecule has 1 amide bonds. The van der Waals surface area contributed by atoms with Crippen LogP contribution in [-0.2, 0) is 9.59 Å². The van der Waals surface area contributed by atoms with Gasteiger partial charge in [-0.2, -0.15) is 0 Å². The van der Waals surface area contributed by atoms with E-state index in [1.54, 1.807) is 55.5 Å². The summed E-state index contributed by atoms with van der Waals surface area (Å²) in [7, 11) is 0. The molecule has 1 fully saturated rings.